The maximum Gasteiger partial charge on any atom is 0.319 e. The molecule has 0 spiro atoms. The number of amides is 1. The number of hydrogen-bond donors (Lipinski definition) is 1. The maximum absolute atomic E-state index is 12.9. The molecule has 118 valence electrons. The monoisotopic (exact) mass is 327 g/mol. The summed E-state index contributed by atoms with van der Waals surface area (Å²) in [5.74, 6) is -0.156. The van der Waals surface area contributed by atoms with Crippen molar-refractivity contribution in [2.24, 2.45) is 0 Å². The number of halogens is 3. The predicted octanol–water partition coefficient (Wildman–Crippen LogP) is 3.31. The SMILES string of the molecule is CC(Cl)C(=O)NC(Cc1nccn1C(F)F)c1ccccc1. The summed E-state index contributed by atoms with van der Waals surface area (Å²) in [5.41, 5.74) is 0.803. The molecule has 2 aromatic rings. The molecule has 1 aromatic carbocycles. The van der Waals surface area contributed by atoms with E-state index < -0.39 is 18.0 Å². The van der Waals surface area contributed by atoms with Crippen LogP contribution in [0.3, 0.4) is 0 Å². The Balaban J connectivity index is 2.25. The minimum Gasteiger partial charge on any atom is -0.348 e. The molecule has 0 aliphatic carbocycles. The van der Waals surface area contributed by atoms with Crippen LogP contribution in [0, 0.1) is 0 Å². The minimum absolute atomic E-state index is 0.150. The molecule has 0 fully saturated rings. The van der Waals surface area contributed by atoms with Crippen molar-refractivity contribution in [1.29, 1.82) is 0 Å². The first-order valence-electron chi connectivity index (χ1n) is 6.78. The lowest BCUT2D eigenvalue weighted by Gasteiger charge is -2.20. The van der Waals surface area contributed by atoms with Gasteiger partial charge in [0.2, 0.25) is 5.91 Å². The Bertz CT molecular complexity index is 616. The van der Waals surface area contributed by atoms with Crippen LogP contribution in [0.5, 0.6) is 0 Å². The highest BCUT2D eigenvalue weighted by Crippen LogP contribution is 2.21. The van der Waals surface area contributed by atoms with Crippen LogP contribution in [0.25, 0.3) is 0 Å². The minimum atomic E-state index is -2.67. The molecule has 0 radical (unpaired) electrons. The first-order chi connectivity index (χ1) is 10.5. The molecule has 0 aliphatic rings. The fourth-order valence-electron chi connectivity index (χ4n) is 2.09. The Labute approximate surface area is 132 Å². The van der Waals surface area contributed by atoms with Gasteiger partial charge in [0.05, 0.1) is 6.04 Å². The van der Waals surface area contributed by atoms with E-state index in [9.17, 15) is 13.6 Å². The molecule has 7 heteroatoms. The van der Waals surface area contributed by atoms with E-state index in [2.05, 4.69) is 10.3 Å². The molecule has 22 heavy (non-hydrogen) atoms. The van der Waals surface area contributed by atoms with Gasteiger partial charge >= 0.3 is 6.55 Å². The summed E-state index contributed by atoms with van der Waals surface area (Å²) >= 11 is 5.77. The maximum atomic E-state index is 12.9. The Hall–Kier alpha value is -1.95. The summed E-state index contributed by atoms with van der Waals surface area (Å²) in [6.07, 6.45) is 2.68. The molecule has 4 nitrogen and oxygen atoms in total. The summed E-state index contributed by atoms with van der Waals surface area (Å²) in [6.45, 7) is -1.12. The highest BCUT2D eigenvalue weighted by molar-refractivity contribution is 6.30. The number of aromatic nitrogens is 2. The fourth-order valence-corrected chi connectivity index (χ4v) is 2.15. The number of rotatable bonds is 6. The van der Waals surface area contributed by atoms with E-state index in [1.165, 1.54) is 12.4 Å². The first kappa shape index (κ1) is 16.4. The molecule has 2 unspecified atom stereocenters. The molecule has 1 aromatic heterocycles. The first-order valence-corrected chi connectivity index (χ1v) is 7.22. The zero-order valence-electron chi connectivity index (χ0n) is 11.9. The Morgan fingerprint density at radius 2 is 2.05 bits per heavy atom. The van der Waals surface area contributed by atoms with Crippen molar-refractivity contribution < 1.29 is 13.6 Å². The van der Waals surface area contributed by atoms with E-state index in [0.29, 0.717) is 0 Å². The summed E-state index contributed by atoms with van der Waals surface area (Å²) in [6, 6.07) is 8.64. The van der Waals surface area contributed by atoms with E-state index in [-0.39, 0.29) is 18.2 Å². The molecule has 1 heterocycles. The van der Waals surface area contributed by atoms with Crippen molar-refractivity contribution in [3.8, 4) is 0 Å². The quantitative estimate of drug-likeness (QED) is 0.827. The predicted molar refractivity (Wildman–Crippen MR) is 79.8 cm³/mol. The number of nitrogens with zero attached hydrogens (tertiary/aromatic N) is 2. The highest BCUT2D eigenvalue weighted by atomic mass is 35.5. The summed E-state index contributed by atoms with van der Waals surface area (Å²) in [5, 5.41) is 2.06. The largest absolute Gasteiger partial charge is 0.348 e. The number of carbonyl (C=O) groups excluding carboxylic acids is 1. The molecular formula is C15H16ClF2N3O. The van der Waals surface area contributed by atoms with Crippen LogP contribution >= 0.6 is 11.6 Å². The van der Waals surface area contributed by atoms with E-state index in [1.54, 1.807) is 6.92 Å². The van der Waals surface area contributed by atoms with Crippen molar-refractivity contribution in [1.82, 2.24) is 14.9 Å². The molecule has 0 aliphatic heterocycles. The Morgan fingerprint density at radius 3 is 2.64 bits per heavy atom. The molecular weight excluding hydrogens is 312 g/mol. The average molecular weight is 328 g/mol. The van der Waals surface area contributed by atoms with Crippen LogP contribution < -0.4 is 5.32 Å². The fraction of sp³-hybridized carbons (Fsp3) is 0.333. The third-order valence-corrected chi connectivity index (χ3v) is 3.42. The van der Waals surface area contributed by atoms with Crippen LogP contribution in [0.2, 0.25) is 0 Å². The van der Waals surface area contributed by atoms with Gasteiger partial charge in [0.25, 0.3) is 0 Å². The number of nitrogens with one attached hydrogen (secondary N) is 1. The number of imidazole rings is 1. The summed E-state index contributed by atoms with van der Waals surface area (Å²) in [7, 11) is 0. The lowest BCUT2D eigenvalue weighted by atomic mass is 10.0. The van der Waals surface area contributed by atoms with Crippen molar-refractivity contribution in [2.75, 3.05) is 0 Å². The molecule has 0 bridgehead atoms. The average Bonchev–Trinajstić information content (AvgIpc) is 2.95. The zero-order chi connectivity index (χ0) is 16.1. The number of hydrogen-bond acceptors (Lipinski definition) is 2. The van der Waals surface area contributed by atoms with E-state index in [0.717, 1.165) is 10.1 Å². The van der Waals surface area contributed by atoms with Gasteiger partial charge in [-0.3, -0.25) is 9.36 Å². The molecule has 1 N–H and O–H groups in total. The van der Waals surface area contributed by atoms with Gasteiger partial charge in [0, 0.05) is 18.8 Å². The lowest BCUT2D eigenvalue weighted by Crippen LogP contribution is -2.35. The second kappa shape index (κ2) is 7.35. The lowest BCUT2D eigenvalue weighted by molar-refractivity contribution is -0.121. The van der Waals surface area contributed by atoms with Crippen LogP contribution in [0.15, 0.2) is 42.7 Å². The van der Waals surface area contributed by atoms with Gasteiger partial charge in [-0.1, -0.05) is 30.3 Å². The second-order valence-corrected chi connectivity index (χ2v) is 5.48. The number of benzene rings is 1. The van der Waals surface area contributed by atoms with Crippen molar-refractivity contribution in [3.05, 3.63) is 54.1 Å². The molecule has 2 rings (SSSR count). The van der Waals surface area contributed by atoms with Crippen molar-refractivity contribution in [3.63, 3.8) is 0 Å². The molecule has 0 saturated heterocycles. The Morgan fingerprint density at radius 1 is 1.36 bits per heavy atom. The van der Waals surface area contributed by atoms with Crippen molar-refractivity contribution in [2.45, 2.75) is 31.3 Å². The van der Waals surface area contributed by atoms with Crippen LogP contribution in [-0.2, 0) is 11.2 Å². The van der Waals surface area contributed by atoms with E-state index in [1.807, 2.05) is 30.3 Å². The van der Waals surface area contributed by atoms with Gasteiger partial charge in [-0.05, 0) is 12.5 Å². The third-order valence-electron chi connectivity index (χ3n) is 3.23. The highest BCUT2D eigenvalue weighted by Gasteiger charge is 2.21. The van der Waals surface area contributed by atoms with Crippen LogP contribution in [-0.4, -0.2) is 20.8 Å². The summed E-state index contributed by atoms with van der Waals surface area (Å²) in [4.78, 5) is 15.8. The van der Waals surface area contributed by atoms with Crippen molar-refractivity contribution >= 4 is 17.5 Å². The zero-order valence-corrected chi connectivity index (χ0v) is 12.7. The third kappa shape index (κ3) is 4.04. The van der Waals surface area contributed by atoms with Gasteiger partial charge < -0.3 is 5.32 Å². The van der Waals surface area contributed by atoms with E-state index >= 15 is 0 Å². The standard InChI is InChI=1S/C15H16ClF2N3O/c1-10(16)14(22)20-12(11-5-3-2-4-6-11)9-13-19-7-8-21(13)15(17)18/h2-8,10,12,15H,9H2,1H3,(H,20,22). The Kier molecular flexibility index (Phi) is 5.49. The molecule has 0 saturated carbocycles. The number of alkyl halides is 3. The van der Waals surface area contributed by atoms with E-state index in [4.69, 9.17) is 11.6 Å². The van der Waals surface area contributed by atoms with Gasteiger partial charge in [0.1, 0.15) is 11.2 Å². The second-order valence-electron chi connectivity index (χ2n) is 4.82. The van der Waals surface area contributed by atoms with Gasteiger partial charge in [-0.2, -0.15) is 8.78 Å². The van der Waals surface area contributed by atoms with Gasteiger partial charge in [-0.25, -0.2) is 4.98 Å². The molecule has 1 amide bonds. The van der Waals surface area contributed by atoms with Gasteiger partial charge in [0.15, 0.2) is 0 Å². The molecule has 2 atom stereocenters. The number of carbonyl (C=O) groups is 1. The summed E-state index contributed by atoms with van der Waals surface area (Å²) < 4.78 is 26.6. The van der Waals surface area contributed by atoms with Crippen LogP contribution in [0.4, 0.5) is 8.78 Å². The normalized spacial score (nSPS) is 13.9. The smallest absolute Gasteiger partial charge is 0.319 e. The van der Waals surface area contributed by atoms with Gasteiger partial charge in [-0.15, -0.1) is 11.6 Å². The van der Waals surface area contributed by atoms with Crippen LogP contribution in [0.1, 0.15) is 30.9 Å². The topological polar surface area (TPSA) is 46.9 Å².